The molecule has 1 fully saturated rings. The van der Waals surface area contributed by atoms with Crippen molar-refractivity contribution < 1.29 is 9.47 Å². The van der Waals surface area contributed by atoms with E-state index in [2.05, 4.69) is 34.5 Å². The molecule has 2 N–H and O–H groups in total. The molecule has 0 unspecified atom stereocenters. The van der Waals surface area contributed by atoms with Gasteiger partial charge < -0.3 is 20.1 Å². The fourth-order valence-corrected chi connectivity index (χ4v) is 3.63. The van der Waals surface area contributed by atoms with Crippen molar-refractivity contribution in [2.24, 2.45) is 10.4 Å². The van der Waals surface area contributed by atoms with Crippen molar-refractivity contribution in [2.45, 2.75) is 58.9 Å². The van der Waals surface area contributed by atoms with E-state index in [0.717, 1.165) is 44.1 Å². The number of aromatic nitrogens is 1. The number of nitrogens with zero attached hydrogens (tertiary/aromatic N) is 2. The summed E-state index contributed by atoms with van der Waals surface area (Å²) in [6.45, 7) is 8.04. The third-order valence-corrected chi connectivity index (χ3v) is 5.24. The zero-order valence-electron chi connectivity index (χ0n) is 17.2. The summed E-state index contributed by atoms with van der Waals surface area (Å²) < 4.78 is 11.3. The Hall–Kier alpha value is -1.82. The Morgan fingerprint density at radius 3 is 2.74 bits per heavy atom. The monoisotopic (exact) mass is 376 g/mol. The fourth-order valence-electron chi connectivity index (χ4n) is 3.63. The topological polar surface area (TPSA) is 67.8 Å². The van der Waals surface area contributed by atoms with Crippen molar-refractivity contribution in [1.82, 2.24) is 15.6 Å². The molecule has 1 aromatic rings. The van der Waals surface area contributed by atoms with Gasteiger partial charge in [0.1, 0.15) is 0 Å². The number of ether oxygens (including phenoxy) is 2. The molecule has 1 aliphatic carbocycles. The molecule has 1 heterocycles. The predicted octanol–water partition coefficient (Wildman–Crippen LogP) is 3.52. The van der Waals surface area contributed by atoms with E-state index in [-0.39, 0.29) is 0 Å². The minimum Gasteiger partial charge on any atom is -0.477 e. The highest BCUT2D eigenvalue weighted by atomic mass is 16.5. The average molecular weight is 377 g/mol. The van der Waals surface area contributed by atoms with Crippen LogP contribution in [-0.2, 0) is 11.3 Å². The van der Waals surface area contributed by atoms with Crippen LogP contribution >= 0.6 is 0 Å². The molecule has 0 bridgehead atoms. The zero-order chi connectivity index (χ0) is 19.4. The summed E-state index contributed by atoms with van der Waals surface area (Å²) in [6.07, 6.45) is 9.01. The lowest BCUT2D eigenvalue weighted by Gasteiger charge is -2.30. The zero-order valence-corrected chi connectivity index (χ0v) is 17.2. The second kappa shape index (κ2) is 11.8. The quantitative estimate of drug-likeness (QED) is 0.351. The van der Waals surface area contributed by atoms with Gasteiger partial charge in [-0.25, -0.2) is 4.98 Å². The minimum absolute atomic E-state index is 0.330. The van der Waals surface area contributed by atoms with Gasteiger partial charge in [-0.05, 0) is 44.1 Å². The van der Waals surface area contributed by atoms with Gasteiger partial charge in [0.15, 0.2) is 5.96 Å². The van der Waals surface area contributed by atoms with Crippen molar-refractivity contribution in [1.29, 1.82) is 0 Å². The standard InChI is InChI=1S/C21H36N4O2/c1-4-14-27-19-18(9-8-13-23-19)16-24-20(22-3)25-17-21(10-6-7-11-21)12-15-26-5-2/h8-9,13H,4-7,10-12,14-17H2,1-3H3,(H2,22,24,25). The van der Waals surface area contributed by atoms with Crippen LogP contribution in [0.25, 0.3) is 0 Å². The number of aliphatic imine (C=N–C) groups is 1. The normalized spacial score (nSPS) is 16.3. The third-order valence-electron chi connectivity index (χ3n) is 5.24. The first kappa shape index (κ1) is 21.5. The van der Waals surface area contributed by atoms with E-state index < -0.39 is 0 Å². The first-order chi connectivity index (χ1) is 13.2. The maximum Gasteiger partial charge on any atom is 0.218 e. The van der Waals surface area contributed by atoms with Gasteiger partial charge in [-0.3, -0.25) is 4.99 Å². The van der Waals surface area contributed by atoms with E-state index >= 15 is 0 Å². The van der Waals surface area contributed by atoms with Crippen LogP contribution in [0.2, 0.25) is 0 Å². The van der Waals surface area contributed by atoms with E-state index in [9.17, 15) is 0 Å². The lowest BCUT2D eigenvalue weighted by Crippen LogP contribution is -2.43. The van der Waals surface area contributed by atoms with Crippen LogP contribution in [0.1, 0.15) is 57.9 Å². The molecular formula is C21H36N4O2. The van der Waals surface area contributed by atoms with Crippen LogP contribution in [0.4, 0.5) is 0 Å². The maximum absolute atomic E-state index is 5.74. The van der Waals surface area contributed by atoms with Crippen molar-refractivity contribution in [3.05, 3.63) is 23.9 Å². The second-order valence-corrected chi connectivity index (χ2v) is 7.25. The van der Waals surface area contributed by atoms with E-state index in [4.69, 9.17) is 9.47 Å². The number of rotatable bonds is 11. The molecule has 0 saturated heterocycles. The highest BCUT2D eigenvalue weighted by molar-refractivity contribution is 5.79. The van der Waals surface area contributed by atoms with E-state index in [1.807, 2.05) is 19.2 Å². The molecule has 6 nitrogen and oxygen atoms in total. The van der Waals surface area contributed by atoms with Crippen molar-refractivity contribution in [2.75, 3.05) is 33.4 Å². The first-order valence-corrected chi connectivity index (χ1v) is 10.3. The number of pyridine rings is 1. The molecule has 152 valence electrons. The molecule has 0 aromatic carbocycles. The lowest BCUT2D eigenvalue weighted by atomic mass is 9.83. The van der Waals surface area contributed by atoms with Crippen LogP contribution < -0.4 is 15.4 Å². The fraction of sp³-hybridized carbons (Fsp3) is 0.714. The summed E-state index contributed by atoms with van der Waals surface area (Å²) in [5.74, 6) is 1.52. The molecule has 1 aromatic heterocycles. The van der Waals surface area contributed by atoms with Crippen LogP contribution in [0.3, 0.4) is 0 Å². The van der Waals surface area contributed by atoms with Crippen molar-refractivity contribution in [3.63, 3.8) is 0 Å². The van der Waals surface area contributed by atoms with Gasteiger partial charge in [-0.15, -0.1) is 0 Å². The Labute approximate surface area is 164 Å². The SMILES string of the molecule is CCCOc1ncccc1CNC(=NC)NCC1(CCOCC)CCCC1. The maximum atomic E-state index is 5.74. The number of hydrogen-bond donors (Lipinski definition) is 2. The molecule has 2 rings (SSSR count). The van der Waals surface area contributed by atoms with Gasteiger partial charge >= 0.3 is 0 Å². The summed E-state index contributed by atoms with van der Waals surface area (Å²) in [5, 5.41) is 6.93. The van der Waals surface area contributed by atoms with E-state index in [1.165, 1.54) is 25.7 Å². The largest absolute Gasteiger partial charge is 0.477 e. The summed E-state index contributed by atoms with van der Waals surface area (Å²) >= 11 is 0. The van der Waals surface area contributed by atoms with E-state index in [1.54, 1.807) is 6.20 Å². The van der Waals surface area contributed by atoms with Crippen molar-refractivity contribution >= 4 is 5.96 Å². The summed E-state index contributed by atoms with van der Waals surface area (Å²) in [7, 11) is 1.81. The molecule has 1 saturated carbocycles. The van der Waals surface area contributed by atoms with Gasteiger partial charge in [0, 0.05) is 45.1 Å². The predicted molar refractivity (Wildman–Crippen MR) is 110 cm³/mol. The summed E-state index contributed by atoms with van der Waals surface area (Å²) in [5.41, 5.74) is 1.37. The van der Waals surface area contributed by atoms with Gasteiger partial charge in [0.05, 0.1) is 6.61 Å². The molecule has 1 aliphatic rings. The smallest absolute Gasteiger partial charge is 0.218 e. The summed E-state index contributed by atoms with van der Waals surface area (Å²) in [6, 6.07) is 3.98. The Morgan fingerprint density at radius 2 is 2.04 bits per heavy atom. The molecule has 0 amide bonds. The molecule has 0 aliphatic heterocycles. The third kappa shape index (κ3) is 7.01. The van der Waals surface area contributed by atoms with Crippen molar-refractivity contribution in [3.8, 4) is 5.88 Å². The molecule has 6 heteroatoms. The number of guanidine groups is 1. The molecular weight excluding hydrogens is 340 g/mol. The number of hydrogen-bond acceptors (Lipinski definition) is 4. The summed E-state index contributed by atoms with van der Waals surface area (Å²) in [4.78, 5) is 8.73. The second-order valence-electron chi connectivity index (χ2n) is 7.25. The van der Waals surface area contributed by atoms with E-state index in [0.29, 0.717) is 24.4 Å². The van der Waals surface area contributed by atoms with Gasteiger partial charge in [0.2, 0.25) is 5.88 Å². The van der Waals surface area contributed by atoms with Gasteiger partial charge in [-0.2, -0.15) is 0 Å². The molecule has 27 heavy (non-hydrogen) atoms. The van der Waals surface area contributed by atoms with Crippen LogP contribution in [0.15, 0.2) is 23.3 Å². The Bertz CT molecular complexity index is 571. The van der Waals surface area contributed by atoms with Crippen LogP contribution in [0, 0.1) is 5.41 Å². The lowest BCUT2D eigenvalue weighted by molar-refractivity contribution is 0.105. The van der Waals surface area contributed by atoms with Gasteiger partial charge in [-0.1, -0.05) is 25.8 Å². The molecule has 0 spiro atoms. The highest BCUT2D eigenvalue weighted by Gasteiger charge is 2.33. The first-order valence-electron chi connectivity index (χ1n) is 10.3. The number of nitrogens with one attached hydrogen (secondary N) is 2. The van der Waals surface area contributed by atoms with Crippen LogP contribution in [0.5, 0.6) is 5.88 Å². The molecule has 0 radical (unpaired) electrons. The van der Waals surface area contributed by atoms with Crippen LogP contribution in [-0.4, -0.2) is 44.4 Å². The average Bonchev–Trinajstić information content (AvgIpc) is 3.16. The highest BCUT2D eigenvalue weighted by Crippen LogP contribution is 2.40. The molecule has 0 atom stereocenters. The minimum atomic E-state index is 0.330. The Balaban J connectivity index is 1.87. The Morgan fingerprint density at radius 1 is 1.22 bits per heavy atom. The Kier molecular flexibility index (Phi) is 9.39. The van der Waals surface area contributed by atoms with Gasteiger partial charge in [0.25, 0.3) is 0 Å².